The van der Waals surface area contributed by atoms with E-state index in [1.807, 2.05) is 0 Å². The summed E-state index contributed by atoms with van der Waals surface area (Å²) in [5.74, 6) is 2.02. The van der Waals surface area contributed by atoms with E-state index in [0.29, 0.717) is 11.8 Å². The number of nitrogens with two attached hydrogens (primary N) is 1. The first-order valence-electron chi connectivity index (χ1n) is 5.06. The quantitative estimate of drug-likeness (QED) is 0.833. The number of hydrogen-bond donors (Lipinski definition) is 1. The molecule has 4 heteroatoms. The first-order valence-corrected chi connectivity index (χ1v) is 5.83. The summed E-state index contributed by atoms with van der Waals surface area (Å²) in [4.78, 5) is 1.34. The summed E-state index contributed by atoms with van der Waals surface area (Å²) < 4.78 is 9.32. The maximum atomic E-state index is 5.75. The molecule has 14 heavy (non-hydrogen) atoms. The lowest BCUT2D eigenvalue weighted by atomic mass is 9.95. The second kappa shape index (κ2) is 4.28. The molecule has 78 valence electrons. The lowest BCUT2D eigenvalue weighted by Crippen LogP contribution is -2.16. The average Bonchev–Trinajstić information content (AvgIpc) is 2.85. The Morgan fingerprint density at radius 3 is 3.14 bits per heavy atom. The number of methoxy groups -OCH3 is 1. The summed E-state index contributed by atoms with van der Waals surface area (Å²) in [6, 6.07) is 2.06. The van der Waals surface area contributed by atoms with Crippen LogP contribution in [0.15, 0.2) is 6.07 Å². The lowest BCUT2D eigenvalue weighted by molar-refractivity contribution is 0.401. The van der Waals surface area contributed by atoms with Gasteiger partial charge in [-0.2, -0.15) is 4.37 Å². The van der Waals surface area contributed by atoms with E-state index in [9.17, 15) is 0 Å². The van der Waals surface area contributed by atoms with E-state index in [1.54, 1.807) is 18.6 Å². The SMILES string of the molecule is COc1cc(C2CCCC2CN)sn1. The van der Waals surface area contributed by atoms with Gasteiger partial charge in [0.2, 0.25) is 5.88 Å². The summed E-state index contributed by atoms with van der Waals surface area (Å²) in [5, 5.41) is 0. The number of hydrogen-bond acceptors (Lipinski definition) is 4. The Morgan fingerprint density at radius 2 is 2.50 bits per heavy atom. The molecule has 1 saturated carbocycles. The van der Waals surface area contributed by atoms with E-state index in [2.05, 4.69) is 10.4 Å². The molecule has 1 aliphatic carbocycles. The van der Waals surface area contributed by atoms with Crippen LogP contribution in [0.4, 0.5) is 0 Å². The van der Waals surface area contributed by atoms with E-state index >= 15 is 0 Å². The topological polar surface area (TPSA) is 48.1 Å². The Morgan fingerprint density at radius 1 is 1.64 bits per heavy atom. The fourth-order valence-corrected chi connectivity index (χ4v) is 3.16. The van der Waals surface area contributed by atoms with Gasteiger partial charge in [0.25, 0.3) is 0 Å². The number of nitrogens with zero attached hydrogens (tertiary/aromatic N) is 1. The second-order valence-corrected chi connectivity index (χ2v) is 4.64. The molecule has 1 fully saturated rings. The van der Waals surface area contributed by atoms with Gasteiger partial charge in [-0.1, -0.05) is 6.42 Å². The van der Waals surface area contributed by atoms with Crippen LogP contribution in [0.3, 0.4) is 0 Å². The molecule has 1 aliphatic rings. The molecule has 1 aromatic rings. The fraction of sp³-hybridized carbons (Fsp3) is 0.700. The van der Waals surface area contributed by atoms with Crippen LogP contribution in [0.1, 0.15) is 30.1 Å². The molecule has 2 rings (SSSR count). The standard InChI is InChI=1S/C10H16N2OS/c1-13-10-5-9(14-12-10)8-4-2-3-7(8)6-11/h5,7-8H,2-4,6,11H2,1H3. The van der Waals surface area contributed by atoms with E-state index in [-0.39, 0.29) is 0 Å². The molecule has 0 bridgehead atoms. The third-order valence-corrected chi connectivity index (χ3v) is 3.95. The molecular weight excluding hydrogens is 196 g/mol. The summed E-state index contributed by atoms with van der Waals surface area (Å²) in [7, 11) is 1.66. The highest BCUT2D eigenvalue weighted by Gasteiger charge is 2.29. The van der Waals surface area contributed by atoms with Gasteiger partial charge in [-0.3, -0.25) is 0 Å². The van der Waals surface area contributed by atoms with Crippen LogP contribution >= 0.6 is 11.5 Å². The van der Waals surface area contributed by atoms with Crippen molar-refractivity contribution < 1.29 is 4.74 Å². The summed E-state index contributed by atoms with van der Waals surface area (Å²) in [6.45, 7) is 0.797. The highest BCUT2D eigenvalue weighted by molar-refractivity contribution is 7.06. The van der Waals surface area contributed by atoms with Crippen molar-refractivity contribution in [1.82, 2.24) is 4.37 Å². The van der Waals surface area contributed by atoms with Gasteiger partial charge in [-0.15, -0.1) is 0 Å². The van der Waals surface area contributed by atoms with Gasteiger partial charge in [-0.05, 0) is 42.8 Å². The van der Waals surface area contributed by atoms with Gasteiger partial charge in [0, 0.05) is 10.9 Å². The second-order valence-electron chi connectivity index (χ2n) is 3.80. The predicted octanol–water partition coefficient (Wildman–Crippen LogP) is 1.99. The molecule has 0 radical (unpaired) electrons. The van der Waals surface area contributed by atoms with Crippen LogP contribution in [0.2, 0.25) is 0 Å². The van der Waals surface area contributed by atoms with Crippen molar-refractivity contribution in [2.24, 2.45) is 11.7 Å². The summed E-state index contributed by atoms with van der Waals surface area (Å²) >= 11 is 1.56. The van der Waals surface area contributed by atoms with Crippen LogP contribution in [0.5, 0.6) is 5.88 Å². The van der Waals surface area contributed by atoms with Crippen LogP contribution in [-0.2, 0) is 0 Å². The molecule has 0 spiro atoms. The minimum atomic E-state index is 0.626. The molecule has 2 unspecified atom stereocenters. The van der Waals surface area contributed by atoms with Crippen molar-refractivity contribution in [3.8, 4) is 5.88 Å². The maximum Gasteiger partial charge on any atom is 0.225 e. The van der Waals surface area contributed by atoms with Crippen molar-refractivity contribution >= 4 is 11.5 Å². The largest absolute Gasteiger partial charge is 0.480 e. The van der Waals surface area contributed by atoms with Crippen molar-refractivity contribution in [3.63, 3.8) is 0 Å². The number of aromatic nitrogens is 1. The van der Waals surface area contributed by atoms with Gasteiger partial charge in [0.05, 0.1) is 7.11 Å². The molecular formula is C10H16N2OS. The van der Waals surface area contributed by atoms with Gasteiger partial charge in [0.15, 0.2) is 0 Å². The zero-order chi connectivity index (χ0) is 9.97. The normalized spacial score (nSPS) is 26.7. The Labute approximate surface area is 88.4 Å². The molecule has 2 atom stereocenters. The van der Waals surface area contributed by atoms with Crippen molar-refractivity contribution in [1.29, 1.82) is 0 Å². The van der Waals surface area contributed by atoms with Crippen LogP contribution in [-0.4, -0.2) is 18.0 Å². The fourth-order valence-electron chi connectivity index (χ4n) is 2.24. The van der Waals surface area contributed by atoms with Crippen molar-refractivity contribution in [2.75, 3.05) is 13.7 Å². The first-order chi connectivity index (χ1) is 6.85. The first kappa shape index (κ1) is 9.93. The Balaban J connectivity index is 2.13. The third-order valence-electron chi connectivity index (χ3n) is 3.04. The molecule has 0 amide bonds. The molecule has 1 heterocycles. The van der Waals surface area contributed by atoms with E-state index in [0.717, 1.165) is 12.4 Å². The van der Waals surface area contributed by atoms with Gasteiger partial charge < -0.3 is 10.5 Å². The minimum Gasteiger partial charge on any atom is -0.480 e. The van der Waals surface area contributed by atoms with Crippen molar-refractivity contribution in [3.05, 3.63) is 10.9 Å². The maximum absolute atomic E-state index is 5.75. The molecule has 0 aliphatic heterocycles. The molecule has 2 N–H and O–H groups in total. The molecule has 1 aromatic heterocycles. The zero-order valence-corrected chi connectivity index (χ0v) is 9.22. The average molecular weight is 212 g/mol. The summed E-state index contributed by atoms with van der Waals surface area (Å²) in [5.41, 5.74) is 5.75. The van der Waals surface area contributed by atoms with E-state index < -0.39 is 0 Å². The van der Waals surface area contributed by atoms with Gasteiger partial charge >= 0.3 is 0 Å². The van der Waals surface area contributed by atoms with Crippen molar-refractivity contribution in [2.45, 2.75) is 25.2 Å². The number of rotatable bonds is 3. The van der Waals surface area contributed by atoms with Gasteiger partial charge in [-0.25, -0.2) is 0 Å². The molecule has 0 saturated heterocycles. The Kier molecular flexibility index (Phi) is 3.03. The molecule has 3 nitrogen and oxygen atoms in total. The van der Waals surface area contributed by atoms with E-state index in [4.69, 9.17) is 10.5 Å². The Hall–Kier alpha value is -0.610. The smallest absolute Gasteiger partial charge is 0.225 e. The predicted molar refractivity (Wildman–Crippen MR) is 57.8 cm³/mol. The van der Waals surface area contributed by atoms with Crippen LogP contribution < -0.4 is 10.5 Å². The summed E-state index contributed by atoms with van der Waals surface area (Å²) in [6.07, 6.45) is 3.82. The monoisotopic (exact) mass is 212 g/mol. The van der Waals surface area contributed by atoms with Gasteiger partial charge in [0.1, 0.15) is 0 Å². The molecule has 0 aromatic carbocycles. The van der Waals surface area contributed by atoms with Crippen LogP contribution in [0, 0.1) is 5.92 Å². The number of ether oxygens (including phenoxy) is 1. The highest BCUT2D eigenvalue weighted by Crippen LogP contribution is 2.41. The van der Waals surface area contributed by atoms with E-state index in [1.165, 1.54) is 24.1 Å². The van der Waals surface area contributed by atoms with Crippen LogP contribution in [0.25, 0.3) is 0 Å². The minimum absolute atomic E-state index is 0.626. The zero-order valence-electron chi connectivity index (χ0n) is 8.40. The Bertz CT molecular complexity index is 300. The lowest BCUT2D eigenvalue weighted by Gasteiger charge is -2.14. The highest BCUT2D eigenvalue weighted by atomic mass is 32.1. The third kappa shape index (κ3) is 1.77.